The number of aryl methyl sites for hydroxylation is 1. The molecule has 0 amide bonds. The Morgan fingerprint density at radius 2 is 2.31 bits per heavy atom. The molecule has 1 nitrogen and oxygen atoms in total. The molecule has 84 valence electrons. The van der Waals surface area contributed by atoms with E-state index in [1.165, 1.54) is 11.1 Å². The second-order valence-corrected chi connectivity index (χ2v) is 4.25. The summed E-state index contributed by atoms with van der Waals surface area (Å²) in [5.41, 5.74) is 2.68. The molecule has 1 heterocycles. The summed E-state index contributed by atoms with van der Waals surface area (Å²) in [6.07, 6.45) is 14.0. The Morgan fingerprint density at radius 3 is 3.00 bits per heavy atom. The van der Waals surface area contributed by atoms with E-state index in [2.05, 4.69) is 24.8 Å². The fraction of sp³-hybridized carbons (Fsp3) is 0.333. The third-order valence-electron chi connectivity index (χ3n) is 2.83. The largest absolute Gasteiger partial charge is 0.469 e. The van der Waals surface area contributed by atoms with E-state index in [0.717, 1.165) is 37.9 Å². The van der Waals surface area contributed by atoms with Gasteiger partial charge < -0.3 is 4.42 Å². The van der Waals surface area contributed by atoms with Gasteiger partial charge in [0.05, 0.1) is 6.26 Å². The van der Waals surface area contributed by atoms with Gasteiger partial charge in [0, 0.05) is 6.42 Å². The second-order valence-electron chi connectivity index (χ2n) is 4.25. The van der Waals surface area contributed by atoms with Gasteiger partial charge in [0.25, 0.3) is 0 Å². The van der Waals surface area contributed by atoms with Gasteiger partial charge in [0.15, 0.2) is 0 Å². The molecule has 0 bridgehead atoms. The molecule has 0 spiro atoms. The molecule has 1 aliphatic rings. The van der Waals surface area contributed by atoms with Gasteiger partial charge in [0.2, 0.25) is 0 Å². The SMILES string of the molecule is C=C1C=C(/C=C/CCCc2ccco2)CC1. The number of allylic oxidation sites excluding steroid dienone is 5. The van der Waals surface area contributed by atoms with Gasteiger partial charge in [0.1, 0.15) is 5.76 Å². The van der Waals surface area contributed by atoms with Crippen LogP contribution in [-0.4, -0.2) is 0 Å². The fourth-order valence-electron chi connectivity index (χ4n) is 1.93. The molecule has 0 aromatic carbocycles. The zero-order valence-electron chi connectivity index (χ0n) is 9.61. The Morgan fingerprint density at radius 1 is 1.38 bits per heavy atom. The highest BCUT2D eigenvalue weighted by Crippen LogP contribution is 2.22. The van der Waals surface area contributed by atoms with Crippen molar-refractivity contribution in [2.24, 2.45) is 0 Å². The van der Waals surface area contributed by atoms with E-state index in [4.69, 9.17) is 4.42 Å². The van der Waals surface area contributed by atoms with Crippen LogP contribution in [0.3, 0.4) is 0 Å². The summed E-state index contributed by atoms with van der Waals surface area (Å²) in [7, 11) is 0. The average Bonchev–Trinajstić information content (AvgIpc) is 2.89. The monoisotopic (exact) mass is 214 g/mol. The summed E-state index contributed by atoms with van der Waals surface area (Å²) in [6.45, 7) is 3.96. The van der Waals surface area contributed by atoms with Crippen LogP contribution in [0.25, 0.3) is 0 Å². The lowest BCUT2D eigenvalue weighted by molar-refractivity contribution is 0.503. The molecule has 1 aliphatic carbocycles. The number of hydrogen-bond donors (Lipinski definition) is 0. The molecular weight excluding hydrogens is 196 g/mol. The minimum absolute atomic E-state index is 1.03. The van der Waals surface area contributed by atoms with Gasteiger partial charge in [-0.1, -0.05) is 30.4 Å². The Kier molecular flexibility index (Phi) is 3.81. The zero-order chi connectivity index (χ0) is 11.2. The Labute approximate surface area is 97.2 Å². The van der Waals surface area contributed by atoms with E-state index >= 15 is 0 Å². The predicted molar refractivity (Wildman–Crippen MR) is 67.2 cm³/mol. The lowest BCUT2D eigenvalue weighted by Crippen LogP contribution is -1.80. The van der Waals surface area contributed by atoms with Gasteiger partial charge in [-0.2, -0.15) is 0 Å². The van der Waals surface area contributed by atoms with Crippen LogP contribution in [-0.2, 0) is 6.42 Å². The first-order chi connectivity index (χ1) is 7.84. The van der Waals surface area contributed by atoms with Crippen molar-refractivity contribution in [1.29, 1.82) is 0 Å². The van der Waals surface area contributed by atoms with E-state index in [1.807, 2.05) is 12.1 Å². The molecule has 0 radical (unpaired) electrons. The minimum atomic E-state index is 1.03. The summed E-state index contributed by atoms with van der Waals surface area (Å²) in [6, 6.07) is 3.98. The molecule has 0 N–H and O–H groups in total. The third kappa shape index (κ3) is 3.27. The summed E-state index contributed by atoms with van der Waals surface area (Å²) in [5.74, 6) is 1.09. The maximum atomic E-state index is 5.28. The molecule has 1 aromatic rings. The van der Waals surface area contributed by atoms with Crippen LogP contribution >= 0.6 is 0 Å². The van der Waals surface area contributed by atoms with Gasteiger partial charge in [-0.25, -0.2) is 0 Å². The van der Waals surface area contributed by atoms with Gasteiger partial charge in [-0.05, 0) is 43.4 Å². The number of unbranched alkanes of at least 4 members (excludes halogenated alkanes) is 1. The minimum Gasteiger partial charge on any atom is -0.469 e. The first-order valence-corrected chi connectivity index (χ1v) is 5.92. The molecule has 0 saturated carbocycles. The summed E-state index contributed by atoms with van der Waals surface area (Å²) >= 11 is 0. The standard InChI is InChI=1S/C15H18O/c1-13-9-10-14(12-13)6-3-2-4-7-15-8-5-11-16-15/h3,5-6,8,11-12H,1-2,4,7,9-10H2/b6-3+. The first-order valence-electron chi connectivity index (χ1n) is 5.92. The zero-order valence-corrected chi connectivity index (χ0v) is 9.61. The van der Waals surface area contributed by atoms with Crippen molar-refractivity contribution in [2.75, 3.05) is 0 Å². The molecule has 0 unspecified atom stereocenters. The molecule has 0 fully saturated rings. The van der Waals surface area contributed by atoms with E-state index in [1.54, 1.807) is 6.26 Å². The van der Waals surface area contributed by atoms with Crippen LogP contribution in [0.4, 0.5) is 0 Å². The molecular formula is C15H18O. The van der Waals surface area contributed by atoms with E-state index in [0.29, 0.717) is 0 Å². The highest BCUT2D eigenvalue weighted by atomic mass is 16.3. The third-order valence-corrected chi connectivity index (χ3v) is 2.83. The van der Waals surface area contributed by atoms with E-state index in [9.17, 15) is 0 Å². The normalized spacial score (nSPS) is 16.0. The van der Waals surface area contributed by atoms with Gasteiger partial charge >= 0.3 is 0 Å². The van der Waals surface area contributed by atoms with Crippen LogP contribution in [0.1, 0.15) is 31.4 Å². The quantitative estimate of drug-likeness (QED) is 0.661. The lowest BCUT2D eigenvalue weighted by Gasteiger charge is -1.94. The van der Waals surface area contributed by atoms with Crippen LogP contribution in [0.2, 0.25) is 0 Å². The van der Waals surface area contributed by atoms with Crippen LogP contribution in [0.15, 0.2) is 58.8 Å². The molecule has 1 aromatic heterocycles. The summed E-state index contributed by atoms with van der Waals surface area (Å²) < 4.78 is 5.28. The topological polar surface area (TPSA) is 13.1 Å². The summed E-state index contributed by atoms with van der Waals surface area (Å²) in [5, 5.41) is 0. The summed E-state index contributed by atoms with van der Waals surface area (Å²) in [4.78, 5) is 0. The molecule has 0 atom stereocenters. The Hall–Kier alpha value is -1.50. The Bertz CT molecular complexity index is 393. The lowest BCUT2D eigenvalue weighted by atomic mass is 10.1. The van der Waals surface area contributed by atoms with Crippen molar-refractivity contribution in [3.8, 4) is 0 Å². The van der Waals surface area contributed by atoms with Crippen molar-refractivity contribution >= 4 is 0 Å². The van der Waals surface area contributed by atoms with Crippen molar-refractivity contribution in [3.05, 3.63) is 60.1 Å². The number of furan rings is 1. The molecule has 16 heavy (non-hydrogen) atoms. The number of hydrogen-bond acceptors (Lipinski definition) is 1. The van der Waals surface area contributed by atoms with Gasteiger partial charge in [-0.3, -0.25) is 0 Å². The van der Waals surface area contributed by atoms with E-state index < -0.39 is 0 Å². The molecule has 0 aliphatic heterocycles. The van der Waals surface area contributed by atoms with Gasteiger partial charge in [-0.15, -0.1) is 0 Å². The second kappa shape index (κ2) is 5.55. The highest BCUT2D eigenvalue weighted by molar-refractivity contribution is 5.34. The van der Waals surface area contributed by atoms with Crippen molar-refractivity contribution < 1.29 is 4.42 Å². The van der Waals surface area contributed by atoms with Crippen molar-refractivity contribution in [2.45, 2.75) is 32.1 Å². The maximum absolute atomic E-state index is 5.28. The van der Waals surface area contributed by atoms with Crippen molar-refractivity contribution in [3.63, 3.8) is 0 Å². The fourth-order valence-corrected chi connectivity index (χ4v) is 1.93. The number of rotatable bonds is 5. The molecule has 2 rings (SSSR count). The Balaban J connectivity index is 1.66. The first kappa shape index (κ1) is 11.0. The average molecular weight is 214 g/mol. The highest BCUT2D eigenvalue weighted by Gasteiger charge is 2.03. The maximum Gasteiger partial charge on any atom is 0.103 e. The smallest absolute Gasteiger partial charge is 0.103 e. The molecule has 1 heteroatoms. The van der Waals surface area contributed by atoms with Crippen molar-refractivity contribution in [1.82, 2.24) is 0 Å². The van der Waals surface area contributed by atoms with Crippen LogP contribution in [0, 0.1) is 0 Å². The van der Waals surface area contributed by atoms with Crippen LogP contribution in [0.5, 0.6) is 0 Å². The molecule has 0 saturated heterocycles. The van der Waals surface area contributed by atoms with Crippen LogP contribution < -0.4 is 0 Å². The predicted octanol–water partition coefficient (Wildman–Crippen LogP) is 4.43. The van der Waals surface area contributed by atoms with E-state index in [-0.39, 0.29) is 0 Å².